The molecular weight excluding hydrogens is 330 g/mol. The van der Waals surface area contributed by atoms with Crippen LogP contribution in [0.15, 0.2) is 34.8 Å². The first-order valence-electron chi connectivity index (χ1n) is 5.70. The molecule has 0 saturated heterocycles. The number of anilines is 2. The zero-order chi connectivity index (χ0) is 14.9. The number of benzene rings is 2. The van der Waals surface area contributed by atoms with Crippen molar-refractivity contribution >= 4 is 33.2 Å². The standard InChI is InChI=1S/C14H11BrF2N2O/c1-7-2-3-9(15)8(4-7)14(20)19-13-6-12(18)10(16)5-11(13)17/h2-6H,18H2,1H3,(H,19,20). The molecule has 1 amide bonds. The summed E-state index contributed by atoms with van der Waals surface area (Å²) in [6.07, 6.45) is 0. The monoisotopic (exact) mass is 340 g/mol. The molecule has 0 aliphatic heterocycles. The SMILES string of the molecule is Cc1ccc(Br)c(C(=O)Nc2cc(N)c(F)cc2F)c1. The van der Waals surface area contributed by atoms with Crippen LogP contribution in [-0.4, -0.2) is 5.91 Å². The first kappa shape index (κ1) is 14.5. The number of hydrogen-bond donors (Lipinski definition) is 2. The second kappa shape index (κ2) is 5.58. The Balaban J connectivity index is 2.32. The summed E-state index contributed by atoms with van der Waals surface area (Å²) in [4.78, 5) is 12.1. The first-order valence-corrected chi connectivity index (χ1v) is 6.50. The molecule has 0 aromatic heterocycles. The van der Waals surface area contributed by atoms with Crippen molar-refractivity contribution in [3.63, 3.8) is 0 Å². The van der Waals surface area contributed by atoms with E-state index in [-0.39, 0.29) is 11.4 Å². The summed E-state index contributed by atoms with van der Waals surface area (Å²) >= 11 is 3.25. The Labute approximate surface area is 122 Å². The summed E-state index contributed by atoms with van der Waals surface area (Å²) in [6.45, 7) is 1.83. The molecule has 3 nitrogen and oxygen atoms in total. The predicted molar refractivity (Wildman–Crippen MR) is 77.6 cm³/mol. The quantitative estimate of drug-likeness (QED) is 0.815. The van der Waals surface area contributed by atoms with Crippen LogP contribution in [-0.2, 0) is 0 Å². The highest BCUT2D eigenvalue weighted by atomic mass is 79.9. The van der Waals surface area contributed by atoms with Crippen LogP contribution in [0.1, 0.15) is 15.9 Å². The van der Waals surface area contributed by atoms with E-state index in [1.807, 2.05) is 13.0 Å². The number of carbonyl (C=O) groups is 1. The number of amides is 1. The number of nitrogens with one attached hydrogen (secondary N) is 1. The molecule has 0 aliphatic carbocycles. The van der Waals surface area contributed by atoms with E-state index in [9.17, 15) is 13.6 Å². The molecule has 2 aromatic rings. The van der Waals surface area contributed by atoms with Crippen molar-refractivity contribution in [3.05, 3.63) is 57.6 Å². The van der Waals surface area contributed by atoms with Gasteiger partial charge in [-0.3, -0.25) is 4.79 Å². The third-order valence-electron chi connectivity index (χ3n) is 2.70. The van der Waals surface area contributed by atoms with E-state index in [1.54, 1.807) is 12.1 Å². The Morgan fingerprint density at radius 2 is 1.90 bits per heavy atom. The van der Waals surface area contributed by atoms with E-state index in [0.717, 1.165) is 11.6 Å². The van der Waals surface area contributed by atoms with Crippen LogP contribution >= 0.6 is 15.9 Å². The Morgan fingerprint density at radius 1 is 1.20 bits per heavy atom. The number of rotatable bonds is 2. The van der Waals surface area contributed by atoms with Gasteiger partial charge in [-0.15, -0.1) is 0 Å². The minimum atomic E-state index is -0.881. The molecule has 0 saturated carbocycles. The van der Waals surface area contributed by atoms with E-state index in [0.29, 0.717) is 16.1 Å². The van der Waals surface area contributed by atoms with E-state index in [1.165, 1.54) is 0 Å². The first-order chi connectivity index (χ1) is 9.38. The molecule has 0 fully saturated rings. The molecule has 3 N–H and O–H groups in total. The van der Waals surface area contributed by atoms with Crippen molar-refractivity contribution in [1.82, 2.24) is 0 Å². The molecule has 0 unspecified atom stereocenters. The predicted octanol–water partition coefficient (Wildman–Crippen LogP) is 3.87. The summed E-state index contributed by atoms with van der Waals surface area (Å²) in [5.41, 5.74) is 6.20. The number of carbonyl (C=O) groups excluding carboxylic acids is 1. The Bertz CT molecular complexity index is 689. The summed E-state index contributed by atoms with van der Waals surface area (Å²) in [5, 5.41) is 2.37. The molecular formula is C14H11BrF2N2O. The van der Waals surface area contributed by atoms with Gasteiger partial charge in [-0.2, -0.15) is 0 Å². The van der Waals surface area contributed by atoms with Crippen molar-refractivity contribution in [3.8, 4) is 0 Å². The fraction of sp³-hybridized carbons (Fsp3) is 0.0714. The molecule has 104 valence electrons. The lowest BCUT2D eigenvalue weighted by Crippen LogP contribution is -2.14. The van der Waals surface area contributed by atoms with Crippen LogP contribution in [0.2, 0.25) is 0 Å². The number of nitrogens with two attached hydrogens (primary N) is 1. The highest BCUT2D eigenvalue weighted by Gasteiger charge is 2.14. The molecule has 0 bridgehead atoms. The molecule has 0 heterocycles. The molecule has 6 heteroatoms. The van der Waals surface area contributed by atoms with Crippen LogP contribution in [0.5, 0.6) is 0 Å². The highest BCUT2D eigenvalue weighted by molar-refractivity contribution is 9.10. The normalized spacial score (nSPS) is 10.4. The summed E-state index contributed by atoms with van der Waals surface area (Å²) in [6, 6.07) is 6.89. The fourth-order valence-electron chi connectivity index (χ4n) is 1.66. The van der Waals surface area contributed by atoms with Crippen molar-refractivity contribution in [2.75, 3.05) is 11.1 Å². The van der Waals surface area contributed by atoms with Crippen LogP contribution in [0, 0.1) is 18.6 Å². The maximum absolute atomic E-state index is 13.6. The van der Waals surface area contributed by atoms with Crippen LogP contribution in [0.3, 0.4) is 0 Å². The zero-order valence-corrected chi connectivity index (χ0v) is 12.1. The third kappa shape index (κ3) is 2.96. The van der Waals surface area contributed by atoms with Crippen molar-refractivity contribution in [1.29, 1.82) is 0 Å². The summed E-state index contributed by atoms with van der Waals surface area (Å²) in [5.74, 6) is -2.25. The number of halogens is 3. The second-order valence-electron chi connectivity index (χ2n) is 4.29. The van der Waals surface area contributed by atoms with Crippen molar-refractivity contribution < 1.29 is 13.6 Å². The van der Waals surface area contributed by atoms with Gasteiger partial charge in [-0.25, -0.2) is 8.78 Å². The minimum absolute atomic E-state index is 0.165. The number of hydrogen-bond acceptors (Lipinski definition) is 2. The Morgan fingerprint density at radius 3 is 2.60 bits per heavy atom. The van der Waals surface area contributed by atoms with Crippen LogP contribution in [0.25, 0.3) is 0 Å². The molecule has 0 aliphatic rings. The minimum Gasteiger partial charge on any atom is -0.396 e. The van der Waals surface area contributed by atoms with Gasteiger partial charge in [0, 0.05) is 10.5 Å². The van der Waals surface area contributed by atoms with Gasteiger partial charge in [0.05, 0.1) is 16.9 Å². The lowest BCUT2D eigenvalue weighted by molar-refractivity contribution is 0.102. The molecule has 0 spiro atoms. The third-order valence-corrected chi connectivity index (χ3v) is 3.39. The van der Waals surface area contributed by atoms with Gasteiger partial charge in [0.1, 0.15) is 11.6 Å². The molecule has 0 atom stereocenters. The molecule has 2 aromatic carbocycles. The Hall–Kier alpha value is -1.95. The lowest BCUT2D eigenvalue weighted by atomic mass is 10.1. The van der Waals surface area contributed by atoms with E-state index < -0.39 is 17.5 Å². The average Bonchev–Trinajstić information content (AvgIpc) is 2.38. The van der Waals surface area contributed by atoms with Crippen LogP contribution in [0.4, 0.5) is 20.2 Å². The highest BCUT2D eigenvalue weighted by Crippen LogP contribution is 2.24. The molecule has 0 radical (unpaired) electrons. The molecule has 2 rings (SSSR count). The Kier molecular flexibility index (Phi) is 4.04. The van der Waals surface area contributed by atoms with E-state index in [4.69, 9.17) is 5.73 Å². The average molecular weight is 341 g/mol. The van der Waals surface area contributed by atoms with Gasteiger partial charge < -0.3 is 11.1 Å². The summed E-state index contributed by atoms with van der Waals surface area (Å²) < 4.78 is 27.2. The van der Waals surface area contributed by atoms with E-state index >= 15 is 0 Å². The van der Waals surface area contributed by atoms with Gasteiger partial charge in [-0.1, -0.05) is 11.6 Å². The maximum atomic E-state index is 13.6. The van der Waals surface area contributed by atoms with Crippen molar-refractivity contribution in [2.24, 2.45) is 0 Å². The number of aryl methyl sites for hydroxylation is 1. The van der Waals surface area contributed by atoms with Gasteiger partial charge in [-0.05, 0) is 41.1 Å². The van der Waals surface area contributed by atoms with Crippen molar-refractivity contribution in [2.45, 2.75) is 6.92 Å². The second-order valence-corrected chi connectivity index (χ2v) is 5.15. The van der Waals surface area contributed by atoms with Gasteiger partial charge in [0.2, 0.25) is 0 Å². The molecule has 20 heavy (non-hydrogen) atoms. The van der Waals surface area contributed by atoms with E-state index in [2.05, 4.69) is 21.2 Å². The topological polar surface area (TPSA) is 55.1 Å². The summed E-state index contributed by atoms with van der Waals surface area (Å²) in [7, 11) is 0. The van der Waals surface area contributed by atoms with Gasteiger partial charge in [0.25, 0.3) is 5.91 Å². The smallest absolute Gasteiger partial charge is 0.256 e. The number of nitrogen functional groups attached to an aromatic ring is 1. The largest absolute Gasteiger partial charge is 0.396 e. The van der Waals surface area contributed by atoms with Crippen LogP contribution < -0.4 is 11.1 Å². The van der Waals surface area contributed by atoms with Gasteiger partial charge in [0.15, 0.2) is 0 Å². The zero-order valence-electron chi connectivity index (χ0n) is 10.5. The lowest BCUT2D eigenvalue weighted by Gasteiger charge is -2.09. The van der Waals surface area contributed by atoms with Gasteiger partial charge >= 0.3 is 0 Å². The fourth-order valence-corrected chi connectivity index (χ4v) is 2.09. The maximum Gasteiger partial charge on any atom is 0.256 e.